The van der Waals surface area contributed by atoms with Crippen LogP contribution < -0.4 is 5.32 Å². The molecule has 0 spiro atoms. The van der Waals surface area contributed by atoms with Gasteiger partial charge in [0.1, 0.15) is 0 Å². The van der Waals surface area contributed by atoms with Crippen LogP contribution in [0.3, 0.4) is 0 Å². The van der Waals surface area contributed by atoms with Crippen LogP contribution in [0.25, 0.3) is 10.2 Å². The van der Waals surface area contributed by atoms with E-state index >= 15 is 0 Å². The number of carbonyl (C=O) groups is 1. The van der Waals surface area contributed by atoms with Crippen LogP contribution in [0.15, 0.2) is 24.3 Å². The van der Waals surface area contributed by atoms with Crippen molar-refractivity contribution in [3.63, 3.8) is 0 Å². The fourth-order valence-electron chi connectivity index (χ4n) is 1.57. The summed E-state index contributed by atoms with van der Waals surface area (Å²) in [5, 5.41) is 3.54. The molecule has 17 heavy (non-hydrogen) atoms. The fourth-order valence-corrected chi connectivity index (χ4v) is 2.45. The van der Waals surface area contributed by atoms with Crippen molar-refractivity contribution in [3.05, 3.63) is 24.3 Å². The van der Waals surface area contributed by atoms with Crippen molar-refractivity contribution in [2.24, 2.45) is 5.41 Å². The lowest BCUT2D eigenvalue weighted by atomic mass is 9.92. The molecule has 0 saturated heterocycles. The van der Waals surface area contributed by atoms with Gasteiger partial charge in [0, 0.05) is 6.42 Å². The van der Waals surface area contributed by atoms with Gasteiger partial charge in [-0.05, 0) is 17.5 Å². The van der Waals surface area contributed by atoms with Gasteiger partial charge in [0.25, 0.3) is 0 Å². The molecule has 1 aromatic carbocycles. The SMILES string of the molecule is CC(C)(C)CC(=O)Nc1nc2ccccc2s1. The quantitative estimate of drug-likeness (QED) is 0.881. The van der Waals surface area contributed by atoms with Crippen molar-refractivity contribution in [2.45, 2.75) is 27.2 Å². The largest absolute Gasteiger partial charge is 0.302 e. The van der Waals surface area contributed by atoms with Gasteiger partial charge in [-0.3, -0.25) is 4.79 Å². The Hall–Kier alpha value is -1.42. The van der Waals surface area contributed by atoms with E-state index in [4.69, 9.17) is 0 Å². The zero-order chi connectivity index (χ0) is 12.5. The number of hydrogen-bond donors (Lipinski definition) is 1. The smallest absolute Gasteiger partial charge is 0.226 e. The summed E-state index contributed by atoms with van der Waals surface area (Å²) in [6, 6.07) is 7.88. The minimum atomic E-state index is 0.000759. The number of rotatable bonds is 2. The average Bonchev–Trinajstić information content (AvgIpc) is 2.55. The Morgan fingerprint density at radius 1 is 1.35 bits per heavy atom. The normalized spacial score (nSPS) is 11.7. The lowest BCUT2D eigenvalue weighted by Gasteiger charge is -2.16. The van der Waals surface area contributed by atoms with E-state index < -0.39 is 0 Å². The average molecular weight is 248 g/mol. The molecule has 0 bridgehead atoms. The molecule has 2 aromatic rings. The van der Waals surface area contributed by atoms with E-state index in [1.54, 1.807) is 0 Å². The molecule has 0 aliphatic carbocycles. The maximum absolute atomic E-state index is 11.8. The summed E-state index contributed by atoms with van der Waals surface area (Å²) >= 11 is 1.51. The highest BCUT2D eigenvalue weighted by Crippen LogP contribution is 2.26. The third kappa shape index (κ3) is 3.27. The van der Waals surface area contributed by atoms with Gasteiger partial charge in [0.05, 0.1) is 10.2 Å². The number of thiazole rings is 1. The number of amides is 1. The van der Waals surface area contributed by atoms with Crippen molar-refractivity contribution in [1.29, 1.82) is 0 Å². The van der Waals surface area contributed by atoms with Crippen molar-refractivity contribution < 1.29 is 4.79 Å². The molecule has 0 aliphatic rings. The van der Waals surface area contributed by atoms with Crippen LogP contribution in [-0.4, -0.2) is 10.9 Å². The molecular formula is C13H16N2OS. The maximum atomic E-state index is 11.8. The van der Waals surface area contributed by atoms with Gasteiger partial charge in [0.2, 0.25) is 5.91 Å². The summed E-state index contributed by atoms with van der Waals surface area (Å²) < 4.78 is 1.10. The molecule has 4 heteroatoms. The van der Waals surface area contributed by atoms with E-state index in [-0.39, 0.29) is 11.3 Å². The molecular weight excluding hydrogens is 232 g/mol. The van der Waals surface area contributed by atoms with E-state index in [0.29, 0.717) is 11.6 Å². The molecule has 0 radical (unpaired) electrons. The monoisotopic (exact) mass is 248 g/mol. The molecule has 3 nitrogen and oxygen atoms in total. The molecule has 2 rings (SSSR count). The molecule has 0 unspecified atom stereocenters. The summed E-state index contributed by atoms with van der Waals surface area (Å²) in [6.45, 7) is 6.14. The molecule has 1 amide bonds. The van der Waals surface area contributed by atoms with Crippen LogP contribution in [0.2, 0.25) is 0 Å². The standard InChI is InChI=1S/C13H16N2OS/c1-13(2,3)8-11(16)15-12-14-9-6-4-5-7-10(9)17-12/h4-7H,8H2,1-3H3,(H,14,15,16). The molecule has 0 atom stereocenters. The number of nitrogens with zero attached hydrogens (tertiary/aromatic N) is 1. The molecule has 1 aromatic heterocycles. The lowest BCUT2D eigenvalue weighted by Crippen LogP contribution is -2.19. The van der Waals surface area contributed by atoms with Gasteiger partial charge in [-0.2, -0.15) is 0 Å². The van der Waals surface area contributed by atoms with Gasteiger partial charge in [-0.1, -0.05) is 44.2 Å². The summed E-state index contributed by atoms with van der Waals surface area (Å²) in [6.07, 6.45) is 0.503. The summed E-state index contributed by atoms with van der Waals surface area (Å²) in [5.41, 5.74) is 0.935. The predicted octanol–water partition coefficient (Wildman–Crippen LogP) is 3.67. The Labute approximate surface area is 105 Å². The Bertz CT molecular complexity index is 507. The second-order valence-electron chi connectivity index (χ2n) is 5.27. The van der Waals surface area contributed by atoms with E-state index in [1.165, 1.54) is 11.3 Å². The number of para-hydroxylation sites is 1. The predicted molar refractivity (Wildman–Crippen MR) is 72.3 cm³/mol. The fraction of sp³-hybridized carbons (Fsp3) is 0.385. The van der Waals surface area contributed by atoms with Crippen LogP contribution in [0.5, 0.6) is 0 Å². The third-order valence-electron chi connectivity index (χ3n) is 2.23. The first-order chi connectivity index (χ1) is 7.94. The minimum Gasteiger partial charge on any atom is -0.302 e. The maximum Gasteiger partial charge on any atom is 0.226 e. The van der Waals surface area contributed by atoms with Crippen LogP contribution >= 0.6 is 11.3 Å². The van der Waals surface area contributed by atoms with Crippen molar-refractivity contribution >= 4 is 32.6 Å². The Morgan fingerprint density at radius 2 is 2.06 bits per heavy atom. The van der Waals surface area contributed by atoms with Crippen molar-refractivity contribution in [2.75, 3.05) is 5.32 Å². The van der Waals surface area contributed by atoms with Crippen molar-refractivity contribution in [1.82, 2.24) is 4.98 Å². The number of aromatic nitrogens is 1. The van der Waals surface area contributed by atoms with Crippen LogP contribution in [0, 0.1) is 5.41 Å². The summed E-state index contributed by atoms with van der Waals surface area (Å²) in [5.74, 6) is 0.0246. The van der Waals surface area contributed by atoms with Crippen LogP contribution in [-0.2, 0) is 4.79 Å². The lowest BCUT2D eigenvalue weighted by molar-refractivity contribution is -0.117. The van der Waals surface area contributed by atoms with Gasteiger partial charge >= 0.3 is 0 Å². The number of benzene rings is 1. The zero-order valence-electron chi connectivity index (χ0n) is 10.3. The second kappa shape index (κ2) is 4.45. The van der Waals surface area contributed by atoms with Gasteiger partial charge in [0.15, 0.2) is 5.13 Å². The Morgan fingerprint density at radius 3 is 2.71 bits per heavy atom. The number of anilines is 1. The molecule has 0 fully saturated rings. The molecule has 1 N–H and O–H groups in total. The van der Waals surface area contributed by atoms with Gasteiger partial charge < -0.3 is 5.32 Å². The highest BCUT2D eigenvalue weighted by atomic mass is 32.1. The number of nitrogens with one attached hydrogen (secondary N) is 1. The second-order valence-corrected chi connectivity index (χ2v) is 6.30. The highest BCUT2D eigenvalue weighted by molar-refractivity contribution is 7.22. The molecule has 0 aliphatic heterocycles. The first-order valence-corrected chi connectivity index (χ1v) is 6.41. The number of carbonyl (C=O) groups excluding carboxylic acids is 1. The highest BCUT2D eigenvalue weighted by Gasteiger charge is 2.16. The molecule has 0 saturated carbocycles. The van der Waals surface area contributed by atoms with E-state index in [9.17, 15) is 4.79 Å². The third-order valence-corrected chi connectivity index (χ3v) is 3.18. The topological polar surface area (TPSA) is 42.0 Å². The number of hydrogen-bond acceptors (Lipinski definition) is 3. The summed E-state index contributed by atoms with van der Waals surface area (Å²) in [7, 11) is 0. The Kier molecular flexibility index (Phi) is 3.15. The summed E-state index contributed by atoms with van der Waals surface area (Å²) in [4.78, 5) is 16.1. The molecule has 90 valence electrons. The van der Waals surface area contributed by atoms with E-state index in [1.807, 2.05) is 45.0 Å². The Balaban J connectivity index is 2.11. The first-order valence-electron chi connectivity index (χ1n) is 5.59. The zero-order valence-corrected chi connectivity index (χ0v) is 11.1. The first kappa shape index (κ1) is 12.0. The van der Waals surface area contributed by atoms with Crippen molar-refractivity contribution in [3.8, 4) is 0 Å². The van der Waals surface area contributed by atoms with Crippen LogP contribution in [0.4, 0.5) is 5.13 Å². The molecule has 1 heterocycles. The number of fused-ring (bicyclic) bond motifs is 1. The van der Waals surface area contributed by atoms with Crippen LogP contribution in [0.1, 0.15) is 27.2 Å². The minimum absolute atomic E-state index is 0.000759. The van der Waals surface area contributed by atoms with E-state index in [2.05, 4.69) is 10.3 Å². The van der Waals surface area contributed by atoms with E-state index in [0.717, 1.165) is 10.2 Å². The van der Waals surface area contributed by atoms with Gasteiger partial charge in [-0.15, -0.1) is 0 Å². The van der Waals surface area contributed by atoms with Gasteiger partial charge in [-0.25, -0.2) is 4.98 Å².